The summed E-state index contributed by atoms with van der Waals surface area (Å²) in [7, 11) is 0. The molecule has 2 rings (SSSR count). The average Bonchev–Trinajstić information content (AvgIpc) is 2.51. The van der Waals surface area contributed by atoms with Crippen molar-refractivity contribution in [1.82, 2.24) is 10.3 Å². The molecule has 0 spiro atoms. The lowest BCUT2D eigenvalue weighted by Gasteiger charge is -2.24. The standard InChI is InChI=1S/C17H25N3O/c1-3-15(8-9-21)20-17(11-18)14-6-7-16-13(10-14)5-4-12(2)19-16/h4-7,10,15,17,20-21H,3,8-9,11,18H2,1-2H3. The van der Waals surface area contributed by atoms with Crippen molar-refractivity contribution in [2.45, 2.75) is 38.8 Å². The van der Waals surface area contributed by atoms with E-state index in [1.54, 1.807) is 0 Å². The first-order chi connectivity index (χ1) is 10.2. The Bertz CT molecular complexity index is 585. The normalized spacial score (nSPS) is 14.3. The fourth-order valence-corrected chi connectivity index (χ4v) is 2.61. The number of nitrogens with zero attached hydrogens (tertiary/aromatic N) is 1. The Morgan fingerprint density at radius 1 is 1.29 bits per heavy atom. The predicted molar refractivity (Wildman–Crippen MR) is 87.2 cm³/mol. The van der Waals surface area contributed by atoms with Crippen molar-refractivity contribution < 1.29 is 5.11 Å². The van der Waals surface area contributed by atoms with Crippen LogP contribution < -0.4 is 11.1 Å². The third-order valence-electron chi connectivity index (χ3n) is 3.90. The van der Waals surface area contributed by atoms with Crippen LogP contribution in [0.3, 0.4) is 0 Å². The third-order valence-corrected chi connectivity index (χ3v) is 3.90. The number of hydrogen-bond acceptors (Lipinski definition) is 4. The van der Waals surface area contributed by atoms with Gasteiger partial charge in [-0.1, -0.05) is 19.1 Å². The van der Waals surface area contributed by atoms with E-state index in [-0.39, 0.29) is 18.7 Å². The van der Waals surface area contributed by atoms with Gasteiger partial charge in [0.15, 0.2) is 0 Å². The van der Waals surface area contributed by atoms with E-state index in [1.807, 2.05) is 13.0 Å². The number of aryl methyl sites for hydroxylation is 1. The maximum Gasteiger partial charge on any atom is 0.0705 e. The molecule has 0 aliphatic carbocycles. The van der Waals surface area contributed by atoms with Gasteiger partial charge in [0.1, 0.15) is 0 Å². The van der Waals surface area contributed by atoms with E-state index in [1.165, 1.54) is 5.56 Å². The Balaban J connectivity index is 2.23. The van der Waals surface area contributed by atoms with Crippen molar-refractivity contribution >= 4 is 10.9 Å². The smallest absolute Gasteiger partial charge is 0.0705 e. The number of aromatic nitrogens is 1. The molecule has 0 bridgehead atoms. The number of fused-ring (bicyclic) bond motifs is 1. The molecular weight excluding hydrogens is 262 g/mol. The SMILES string of the molecule is CCC(CCO)NC(CN)c1ccc2nc(C)ccc2c1. The zero-order chi connectivity index (χ0) is 15.2. The zero-order valence-corrected chi connectivity index (χ0v) is 12.8. The Morgan fingerprint density at radius 2 is 2.10 bits per heavy atom. The second-order valence-corrected chi connectivity index (χ2v) is 5.48. The van der Waals surface area contributed by atoms with Gasteiger partial charge in [-0.15, -0.1) is 0 Å². The molecule has 0 saturated carbocycles. The van der Waals surface area contributed by atoms with Gasteiger partial charge in [0.2, 0.25) is 0 Å². The van der Waals surface area contributed by atoms with E-state index < -0.39 is 0 Å². The molecule has 4 heteroatoms. The summed E-state index contributed by atoms with van der Waals surface area (Å²) in [5.74, 6) is 0. The monoisotopic (exact) mass is 287 g/mol. The van der Waals surface area contributed by atoms with Gasteiger partial charge in [0.05, 0.1) is 5.52 Å². The van der Waals surface area contributed by atoms with E-state index in [4.69, 9.17) is 10.8 Å². The Labute approximate surface area is 126 Å². The van der Waals surface area contributed by atoms with Crippen LogP contribution in [0.15, 0.2) is 30.3 Å². The molecule has 114 valence electrons. The van der Waals surface area contributed by atoms with Crippen LogP contribution in [-0.4, -0.2) is 29.3 Å². The summed E-state index contributed by atoms with van der Waals surface area (Å²) in [4.78, 5) is 4.52. The van der Waals surface area contributed by atoms with E-state index in [9.17, 15) is 0 Å². The predicted octanol–water partition coefficient (Wildman–Crippen LogP) is 2.29. The molecule has 2 aromatic rings. The molecule has 0 fully saturated rings. The molecule has 0 saturated heterocycles. The first kappa shape index (κ1) is 15.9. The van der Waals surface area contributed by atoms with E-state index >= 15 is 0 Å². The molecule has 1 aromatic carbocycles. The number of pyridine rings is 1. The van der Waals surface area contributed by atoms with Crippen LogP contribution in [0.1, 0.15) is 37.1 Å². The van der Waals surface area contributed by atoms with Crippen molar-refractivity contribution in [1.29, 1.82) is 0 Å². The number of hydrogen-bond donors (Lipinski definition) is 3. The number of nitrogens with two attached hydrogens (primary N) is 1. The minimum atomic E-state index is 0.104. The largest absolute Gasteiger partial charge is 0.396 e. The molecule has 2 unspecified atom stereocenters. The van der Waals surface area contributed by atoms with Crippen LogP contribution in [-0.2, 0) is 0 Å². The summed E-state index contributed by atoms with van der Waals surface area (Å²) in [6.07, 6.45) is 1.73. The molecule has 1 aromatic heterocycles. The van der Waals surface area contributed by atoms with Gasteiger partial charge in [-0.05, 0) is 43.5 Å². The van der Waals surface area contributed by atoms with Crippen LogP contribution in [0.25, 0.3) is 10.9 Å². The van der Waals surface area contributed by atoms with Crippen LogP contribution in [0, 0.1) is 6.92 Å². The van der Waals surface area contributed by atoms with Gasteiger partial charge >= 0.3 is 0 Å². The summed E-state index contributed by atoms with van der Waals surface area (Å²) in [5, 5.41) is 13.8. The molecule has 0 aliphatic rings. The highest BCUT2D eigenvalue weighted by molar-refractivity contribution is 5.79. The second kappa shape index (κ2) is 7.50. The van der Waals surface area contributed by atoms with Gasteiger partial charge in [0, 0.05) is 36.3 Å². The number of aliphatic hydroxyl groups excluding tert-OH is 1. The fraction of sp³-hybridized carbons (Fsp3) is 0.471. The quantitative estimate of drug-likeness (QED) is 0.730. The lowest BCUT2D eigenvalue weighted by molar-refractivity contribution is 0.256. The van der Waals surface area contributed by atoms with Gasteiger partial charge in [-0.2, -0.15) is 0 Å². The average molecular weight is 287 g/mol. The van der Waals surface area contributed by atoms with Crippen LogP contribution in [0.2, 0.25) is 0 Å². The fourth-order valence-electron chi connectivity index (χ4n) is 2.61. The minimum Gasteiger partial charge on any atom is -0.396 e. The van der Waals surface area contributed by atoms with Gasteiger partial charge in [-0.25, -0.2) is 0 Å². The Morgan fingerprint density at radius 3 is 2.76 bits per heavy atom. The molecule has 0 aliphatic heterocycles. The molecule has 2 atom stereocenters. The number of rotatable bonds is 7. The molecule has 1 heterocycles. The topological polar surface area (TPSA) is 71.2 Å². The van der Waals surface area contributed by atoms with Crippen molar-refractivity contribution in [2.24, 2.45) is 5.73 Å². The van der Waals surface area contributed by atoms with Crippen molar-refractivity contribution in [2.75, 3.05) is 13.2 Å². The molecule has 0 radical (unpaired) electrons. The highest BCUT2D eigenvalue weighted by Crippen LogP contribution is 2.20. The van der Waals surface area contributed by atoms with Crippen molar-refractivity contribution in [3.05, 3.63) is 41.6 Å². The molecule has 4 N–H and O–H groups in total. The number of benzene rings is 1. The maximum atomic E-state index is 9.11. The van der Waals surface area contributed by atoms with Crippen LogP contribution in [0.4, 0.5) is 0 Å². The van der Waals surface area contributed by atoms with Gasteiger partial charge in [0.25, 0.3) is 0 Å². The maximum absolute atomic E-state index is 9.11. The number of nitrogens with one attached hydrogen (secondary N) is 1. The lowest BCUT2D eigenvalue weighted by Crippen LogP contribution is -2.37. The summed E-state index contributed by atoms with van der Waals surface area (Å²) in [5.41, 5.74) is 9.14. The molecule has 0 amide bonds. The summed E-state index contributed by atoms with van der Waals surface area (Å²) in [6, 6.07) is 10.8. The summed E-state index contributed by atoms with van der Waals surface area (Å²) in [6.45, 7) is 4.85. The highest BCUT2D eigenvalue weighted by atomic mass is 16.3. The molecular formula is C17H25N3O. The Hall–Kier alpha value is -1.49. The minimum absolute atomic E-state index is 0.104. The lowest BCUT2D eigenvalue weighted by atomic mass is 10.0. The molecule has 4 nitrogen and oxygen atoms in total. The van der Waals surface area contributed by atoms with E-state index in [0.717, 1.165) is 29.4 Å². The van der Waals surface area contributed by atoms with Crippen molar-refractivity contribution in [3.63, 3.8) is 0 Å². The highest BCUT2D eigenvalue weighted by Gasteiger charge is 2.15. The third kappa shape index (κ3) is 4.00. The molecule has 21 heavy (non-hydrogen) atoms. The summed E-state index contributed by atoms with van der Waals surface area (Å²) < 4.78 is 0. The van der Waals surface area contributed by atoms with Gasteiger partial charge in [-0.3, -0.25) is 4.98 Å². The van der Waals surface area contributed by atoms with E-state index in [2.05, 4.69) is 41.5 Å². The second-order valence-electron chi connectivity index (χ2n) is 5.48. The van der Waals surface area contributed by atoms with Crippen molar-refractivity contribution in [3.8, 4) is 0 Å². The Kier molecular flexibility index (Phi) is 5.67. The van der Waals surface area contributed by atoms with Gasteiger partial charge < -0.3 is 16.2 Å². The number of aliphatic hydroxyl groups is 1. The summed E-state index contributed by atoms with van der Waals surface area (Å²) >= 11 is 0. The van der Waals surface area contributed by atoms with E-state index in [0.29, 0.717) is 6.54 Å². The first-order valence-electron chi connectivity index (χ1n) is 7.62. The van der Waals surface area contributed by atoms with Crippen LogP contribution >= 0.6 is 0 Å². The van der Waals surface area contributed by atoms with Crippen LogP contribution in [0.5, 0.6) is 0 Å². The zero-order valence-electron chi connectivity index (χ0n) is 12.8. The first-order valence-corrected chi connectivity index (χ1v) is 7.62.